The molecule has 0 radical (unpaired) electrons. The van der Waals surface area contributed by atoms with Crippen LogP contribution in [0.2, 0.25) is 0 Å². The van der Waals surface area contributed by atoms with Crippen LogP contribution >= 0.6 is 0 Å². The minimum Gasteiger partial charge on any atom is -0.381 e. The van der Waals surface area contributed by atoms with Gasteiger partial charge < -0.3 is 5.32 Å². The summed E-state index contributed by atoms with van der Waals surface area (Å²) in [4.78, 5) is 5.16. The lowest BCUT2D eigenvalue weighted by molar-refractivity contribution is 0.100. The van der Waals surface area contributed by atoms with Gasteiger partial charge in [-0.3, -0.25) is 9.80 Å². The zero-order valence-corrected chi connectivity index (χ0v) is 12.7. The van der Waals surface area contributed by atoms with Gasteiger partial charge in [0, 0.05) is 45.3 Å². The Morgan fingerprint density at radius 3 is 2.48 bits per heavy atom. The van der Waals surface area contributed by atoms with Crippen LogP contribution in [0.5, 0.6) is 0 Å². The van der Waals surface area contributed by atoms with E-state index in [-0.39, 0.29) is 5.82 Å². The molecule has 1 saturated heterocycles. The number of halogens is 1. The van der Waals surface area contributed by atoms with Crippen molar-refractivity contribution in [2.45, 2.75) is 31.7 Å². The van der Waals surface area contributed by atoms with Crippen molar-refractivity contribution < 1.29 is 4.39 Å². The van der Waals surface area contributed by atoms with Gasteiger partial charge in [-0.05, 0) is 25.0 Å². The number of benzene rings is 1. The Kier molecular flexibility index (Phi) is 5.09. The summed E-state index contributed by atoms with van der Waals surface area (Å²) in [5, 5.41) is 3.20. The number of nitrogens with zero attached hydrogens (tertiary/aromatic N) is 2. The second-order valence-electron chi connectivity index (χ2n) is 6.22. The number of anilines is 1. The quantitative estimate of drug-likeness (QED) is 0.900. The lowest BCUT2D eigenvalue weighted by atomic mass is 10.2. The zero-order valence-electron chi connectivity index (χ0n) is 12.7. The summed E-state index contributed by atoms with van der Waals surface area (Å²) in [6.45, 7) is 6.50. The third kappa shape index (κ3) is 3.95. The Hall–Kier alpha value is -1.13. The lowest BCUT2D eigenvalue weighted by Gasteiger charge is -2.38. The van der Waals surface area contributed by atoms with Gasteiger partial charge in [-0.2, -0.15) is 0 Å². The first-order chi connectivity index (χ1) is 10.3. The monoisotopic (exact) mass is 291 g/mol. The first-order valence-electron chi connectivity index (χ1n) is 8.28. The average molecular weight is 291 g/mol. The molecule has 1 aromatic rings. The summed E-state index contributed by atoms with van der Waals surface area (Å²) in [6, 6.07) is 7.74. The molecule has 0 bridgehead atoms. The molecule has 3 nitrogen and oxygen atoms in total. The minimum absolute atomic E-state index is 0.163. The highest BCUT2D eigenvalue weighted by molar-refractivity contribution is 5.44. The van der Waals surface area contributed by atoms with E-state index in [1.807, 2.05) is 6.07 Å². The Labute approximate surface area is 127 Å². The van der Waals surface area contributed by atoms with E-state index in [0.29, 0.717) is 5.69 Å². The second-order valence-corrected chi connectivity index (χ2v) is 6.22. The fourth-order valence-corrected chi connectivity index (χ4v) is 3.57. The number of piperazine rings is 1. The highest BCUT2D eigenvalue weighted by Crippen LogP contribution is 2.24. The molecule has 1 aliphatic carbocycles. The molecule has 21 heavy (non-hydrogen) atoms. The van der Waals surface area contributed by atoms with E-state index in [0.717, 1.165) is 32.2 Å². The topological polar surface area (TPSA) is 18.5 Å². The van der Waals surface area contributed by atoms with Gasteiger partial charge in [-0.25, -0.2) is 4.39 Å². The summed E-state index contributed by atoms with van der Waals surface area (Å²) < 4.78 is 13.5. The van der Waals surface area contributed by atoms with E-state index >= 15 is 0 Å². The van der Waals surface area contributed by atoms with Crippen molar-refractivity contribution in [3.05, 3.63) is 30.1 Å². The number of hydrogen-bond acceptors (Lipinski definition) is 3. The molecule has 116 valence electrons. The maximum absolute atomic E-state index is 13.5. The van der Waals surface area contributed by atoms with Gasteiger partial charge in [0.15, 0.2) is 0 Å². The predicted octanol–water partition coefficient (Wildman–Crippen LogP) is 2.80. The number of hydrogen-bond donors (Lipinski definition) is 1. The lowest BCUT2D eigenvalue weighted by Crippen LogP contribution is -2.50. The molecule has 1 saturated carbocycles. The van der Waals surface area contributed by atoms with Crippen LogP contribution in [0.15, 0.2) is 24.3 Å². The maximum atomic E-state index is 13.5. The fraction of sp³-hybridized carbons (Fsp3) is 0.647. The maximum Gasteiger partial charge on any atom is 0.146 e. The van der Waals surface area contributed by atoms with E-state index < -0.39 is 0 Å². The number of nitrogens with one attached hydrogen (secondary N) is 1. The molecule has 2 fully saturated rings. The molecule has 0 amide bonds. The highest BCUT2D eigenvalue weighted by atomic mass is 19.1. The van der Waals surface area contributed by atoms with Crippen LogP contribution < -0.4 is 5.32 Å². The normalized spacial score (nSPS) is 21.8. The van der Waals surface area contributed by atoms with E-state index in [1.54, 1.807) is 12.1 Å². The van der Waals surface area contributed by atoms with Crippen LogP contribution in [0.1, 0.15) is 25.7 Å². The molecule has 2 aliphatic rings. The van der Waals surface area contributed by atoms with Gasteiger partial charge in [-0.15, -0.1) is 0 Å². The van der Waals surface area contributed by atoms with E-state index in [1.165, 1.54) is 44.8 Å². The molecule has 0 atom stereocenters. The Bertz CT molecular complexity index is 437. The van der Waals surface area contributed by atoms with Crippen molar-refractivity contribution in [2.75, 3.05) is 44.6 Å². The van der Waals surface area contributed by atoms with Crippen LogP contribution in [0.25, 0.3) is 0 Å². The van der Waals surface area contributed by atoms with Crippen molar-refractivity contribution in [2.24, 2.45) is 0 Å². The molecular formula is C17H26FN3. The largest absolute Gasteiger partial charge is 0.381 e. The third-order valence-electron chi connectivity index (χ3n) is 4.87. The van der Waals surface area contributed by atoms with Gasteiger partial charge in [-0.1, -0.05) is 25.0 Å². The van der Waals surface area contributed by atoms with Gasteiger partial charge in [0.05, 0.1) is 5.69 Å². The fourth-order valence-electron chi connectivity index (χ4n) is 3.57. The summed E-state index contributed by atoms with van der Waals surface area (Å²) in [7, 11) is 0. The Morgan fingerprint density at radius 1 is 1.05 bits per heavy atom. The molecule has 1 N–H and O–H groups in total. The molecule has 1 heterocycles. The molecule has 4 heteroatoms. The van der Waals surface area contributed by atoms with Gasteiger partial charge in [0.25, 0.3) is 0 Å². The predicted molar refractivity (Wildman–Crippen MR) is 85.2 cm³/mol. The van der Waals surface area contributed by atoms with Crippen LogP contribution in [0.3, 0.4) is 0 Å². The smallest absolute Gasteiger partial charge is 0.146 e. The summed E-state index contributed by atoms with van der Waals surface area (Å²) in [5.74, 6) is -0.163. The zero-order chi connectivity index (χ0) is 14.5. The first-order valence-corrected chi connectivity index (χ1v) is 8.28. The molecule has 3 rings (SSSR count). The summed E-state index contributed by atoms with van der Waals surface area (Å²) >= 11 is 0. The molecule has 0 spiro atoms. The van der Waals surface area contributed by atoms with E-state index in [9.17, 15) is 4.39 Å². The van der Waals surface area contributed by atoms with Crippen molar-refractivity contribution in [1.82, 2.24) is 9.80 Å². The number of para-hydroxylation sites is 1. The van der Waals surface area contributed by atoms with Crippen molar-refractivity contribution in [1.29, 1.82) is 0 Å². The molecule has 1 aromatic carbocycles. The molecule has 1 aliphatic heterocycles. The SMILES string of the molecule is Fc1ccccc1NCCN1CCN(C2CCCC2)CC1. The molecule has 0 aromatic heterocycles. The van der Waals surface area contributed by atoms with Crippen LogP contribution in [-0.2, 0) is 0 Å². The first kappa shape index (κ1) is 14.8. The summed E-state index contributed by atoms with van der Waals surface area (Å²) in [5.41, 5.74) is 0.613. The van der Waals surface area contributed by atoms with Crippen molar-refractivity contribution in [3.8, 4) is 0 Å². The molecule has 0 unspecified atom stereocenters. The second kappa shape index (κ2) is 7.23. The van der Waals surface area contributed by atoms with Crippen molar-refractivity contribution in [3.63, 3.8) is 0 Å². The van der Waals surface area contributed by atoms with Crippen molar-refractivity contribution >= 4 is 5.69 Å². The van der Waals surface area contributed by atoms with Crippen LogP contribution in [0, 0.1) is 5.82 Å². The molecular weight excluding hydrogens is 265 g/mol. The van der Waals surface area contributed by atoms with Crippen LogP contribution in [0.4, 0.5) is 10.1 Å². The van der Waals surface area contributed by atoms with Crippen LogP contribution in [-0.4, -0.2) is 55.1 Å². The van der Waals surface area contributed by atoms with Gasteiger partial charge in [0.2, 0.25) is 0 Å². The minimum atomic E-state index is -0.163. The van der Waals surface area contributed by atoms with E-state index in [2.05, 4.69) is 15.1 Å². The highest BCUT2D eigenvalue weighted by Gasteiger charge is 2.25. The standard InChI is InChI=1S/C17H26FN3/c18-16-7-3-4-8-17(16)19-9-10-20-11-13-21(14-12-20)15-5-1-2-6-15/h3-4,7-8,15,19H,1-2,5-6,9-14H2. The Balaban J connectivity index is 1.37. The number of rotatable bonds is 5. The van der Waals surface area contributed by atoms with Gasteiger partial charge in [0.1, 0.15) is 5.82 Å². The third-order valence-corrected chi connectivity index (χ3v) is 4.87. The van der Waals surface area contributed by atoms with E-state index in [4.69, 9.17) is 0 Å². The summed E-state index contributed by atoms with van der Waals surface area (Å²) in [6.07, 6.45) is 5.62. The average Bonchev–Trinajstić information content (AvgIpc) is 3.04. The Morgan fingerprint density at radius 2 is 1.76 bits per heavy atom. The van der Waals surface area contributed by atoms with Gasteiger partial charge >= 0.3 is 0 Å².